The van der Waals surface area contributed by atoms with E-state index in [1.54, 1.807) is 17.5 Å². The van der Waals surface area contributed by atoms with Crippen molar-refractivity contribution in [1.29, 1.82) is 0 Å². The summed E-state index contributed by atoms with van der Waals surface area (Å²) in [6.07, 6.45) is 5.06. The van der Waals surface area contributed by atoms with E-state index in [1.807, 2.05) is 18.3 Å². The highest BCUT2D eigenvalue weighted by atomic mass is 35.5. The van der Waals surface area contributed by atoms with Crippen LogP contribution >= 0.6 is 23.7 Å². The Morgan fingerprint density at radius 3 is 3.08 bits per heavy atom. The summed E-state index contributed by atoms with van der Waals surface area (Å²) in [5.41, 5.74) is 3.63. The topological polar surface area (TPSA) is 95.6 Å². The van der Waals surface area contributed by atoms with Crippen LogP contribution in [0, 0.1) is 0 Å². The summed E-state index contributed by atoms with van der Waals surface area (Å²) in [4.78, 5) is 28.2. The summed E-state index contributed by atoms with van der Waals surface area (Å²) in [7, 11) is 0. The van der Waals surface area contributed by atoms with Gasteiger partial charge in [0.25, 0.3) is 5.56 Å². The molecule has 0 amide bonds. The highest BCUT2D eigenvalue weighted by molar-refractivity contribution is 7.13. The summed E-state index contributed by atoms with van der Waals surface area (Å²) < 4.78 is 0. The fraction of sp³-hybridized carbons (Fsp3) is 0.294. The van der Waals surface area contributed by atoms with Gasteiger partial charge >= 0.3 is 0 Å². The van der Waals surface area contributed by atoms with Crippen molar-refractivity contribution in [3.63, 3.8) is 0 Å². The number of H-pyrrole nitrogens is 1. The van der Waals surface area contributed by atoms with Crippen LogP contribution < -0.4 is 16.2 Å². The first-order chi connectivity index (χ1) is 12.3. The fourth-order valence-electron chi connectivity index (χ4n) is 2.80. The van der Waals surface area contributed by atoms with Crippen LogP contribution in [0.25, 0.3) is 10.6 Å². The molecule has 4 heterocycles. The smallest absolute Gasteiger partial charge is 0.255 e. The quantitative estimate of drug-likeness (QED) is 0.616. The number of aromatic nitrogens is 4. The molecule has 9 heteroatoms. The molecule has 0 fully saturated rings. The van der Waals surface area contributed by atoms with Crippen molar-refractivity contribution in [3.8, 4) is 10.6 Å². The Balaban J connectivity index is 0.00000196. The fourth-order valence-corrected chi connectivity index (χ4v) is 3.65. The molecule has 4 rings (SSSR count). The van der Waals surface area contributed by atoms with E-state index in [9.17, 15) is 4.79 Å². The standard InChI is InChI=1S/C17H18N6OS.ClH/c24-15-13-4-6-19-9-14(13)22-17(23-15)20-7-3-12-10-25-16(21-12)11-2-1-5-18-8-11;/h1-2,5,8,10,19H,3-4,6-7,9H2,(H2,20,22,23,24);1H. The van der Waals surface area contributed by atoms with E-state index in [1.165, 1.54) is 0 Å². The maximum Gasteiger partial charge on any atom is 0.255 e. The lowest BCUT2D eigenvalue weighted by Crippen LogP contribution is -2.31. The average molecular weight is 391 g/mol. The molecule has 26 heavy (non-hydrogen) atoms. The predicted molar refractivity (Wildman–Crippen MR) is 105 cm³/mol. The van der Waals surface area contributed by atoms with Gasteiger partial charge in [0.1, 0.15) is 5.01 Å². The van der Waals surface area contributed by atoms with Crippen LogP contribution in [-0.2, 0) is 19.4 Å². The summed E-state index contributed by atoms with van der Waals surface area (Å²) in [6.45, 7) is 2.13. The van der Waals surface area contributed by atoms with Crippen molar-refractivity contribution in [2.45, 2.75) is 19.4 Å². The molecule has 0 spiro atoms. The highest BCUT2D eigenvalue weighted by Gasteiger charge is 2.15. The Morgan fingerprint density at radius 1 is 1.31 bits per heavy atom. The van der Waals surface area contributed by atoms with Gasteiger partial charge in [-0.05, 0) is 25.1 Å². The number of halogens is 1. The third kappa shape index (κ3) is 4.09. The Labute approximate surface area is 160 Å². The number of thiazole rings is 1. The monoisotopic (exact) mass is 390 g/mol. The maximum absolute atomic E-state index is 12.1. The lowest BCUT2D eigenvalue weighted by molar-refractivity contribution is 0.619. The highest BCUT2D eigenvalue weighted by Crippen LogP contribution is 2.22. The first kappa shape index (κ1) is 18.5. The van der Waals surface area contributed by atoms with Gasteiger partial charge in [0.15, 0.2) is 0 Å². The van der Waals surface area contributed by atoms with E-state index in [2.05, 4.69) is 35.9 Å². The van der Waals surface area contributed by atoms with Crippen molar-refractivity contribution in [2.75, 3.05) is 18.4 Å². The first-order valence-electron chi connectivity index (χ1n) is 8.21. The summed E-state index contributed by atoms with van der Waals surface area (Å²) in [5.74, 6) is 0.523. The molecule has 1 aliphatic rings. The van der Waals surface area contributed by atoms with E-state index >= 15 is 0 Å². The molecule has 7 nitrogen and oxygen atoms in total. The molecule has 0 aromatic carbocycles. The van der Waals surface area contributed by atoms with E-state index in [-0.39, 0.29) is 18.0 Å². The van der Waals surface area contributed by atoms with Gasteiger partial charge in [-0.3, -0.25) is 14.8 Å². The van der Waals surface area contributed by atoms with Gasteiger partial charge in [0, 0.05) is 48.4 Å². The molecule has 0 saturated heterocycles. The molecule has 136 valence electrons. The number of nitrogens with one attached hydrogen (secondary N) is 3. The minimum absolute atomic E-state index is 0. The summed E-state index contributed by atoms with van der Waals surface area (Å²) in [6, 6.07) is 3.91. The largest absolute Gasteiger partial charge is 0.355 e. The molecule has 0 saturated carbocycles. The van der Waals surface area contributed by atoms with E-state index in [4.69, 9.17) is 0 Å². The average Bonchev–Trinajstić information content (AvgIpc) is 3.12. The zero-order valence-electron chi connectivity index (χ0n) is 14.0. The first-order valence-corrected chi connectivity index (χ1v) is 9.09. The van der Waals surface area contributed by atoms with Gasteiger partial charge in [-0.1, -0.05) is 0 Å². The Kier molecular flexibility index (Phi) is 5.97. The minimum atomic E-state index is -0.0403. The molecule has 3 aromatic rings. The third-order valence-electron chi connectivity index (χ3n) is 4.08. The number of nitrogens with zero attached hydrogens (tertiary/aromatic N) is 3. The number of hydrogen-bond acceptors (Lipinski definition) is 7. The SMILES string of the molecule is Cl.O=c1[nH]c(NCCc2csc(-c3cccnc3)n2)nc2c1CCNC2. The van der Waals surface area contributed by atoms with Crippen LogP contribution in [0.4, 0.5) is 5.95 Å². The zero-order valence-corrected chi connectivity index (χ0v) is 15.6. The Hall–Kier alpha value is -2.29. The molecule has 3 aromatic heterocycles. The van der Waals surface area contributed by atoms with Gasteiger partial charge < -0.3 is 10.6 Å². The second-order valence-electron chi connectivity index (χ2n) is 5.83. The van der Waals surface area contributed by atoms with Crippen LogP contribution in [0.15, 0.2) is 34.7 Å². The second kappa shape index (κ2) is 8.39. The van der Waals surface area contributed by atoms with Crippen LogP contribution in [-0.4, -0.2) is 33.0 Å². The number of pyridine rings is 1. The van der Waals surface area contributed by atoms with Gasteiger partial charge in [0.05, 0.1) is 11.4 Å². The molecule has 0 atom stereocenters. The minimum Gasteiger partial charge on any atom is -0.355 e. The van der Waals surface area contributed by atoms with Crippen molar-refractivity contribution < 1.29 is 0 Å². The number of fused-ring (bicyclic) bond motifs is 1. The van der Waals surface area contributed by atoms with Gasteiger partial charge in [0.2, 0.25) is 5.95 Å². The lowest BCUT2D eigenvalue weighted by Gasteiger charge is -2.16. The van der Waals surface area contributed by atoms with Crippen LogP contribution in [0.2, 0.25) is 0 Å². The van der Waals surface area contributed by atoms with E-state index in [0.29, 0.717) is 19.0 Å². The van der Waals surface area contributed by atoms with Gasteiger partial charge in [-0.25, -0.2) is 9.97 Å². The second-order valence-corrected chi connectivity index (χ2v) is 6.69. The van der Waals surface area contributed by atoms with Crippen molar-refractivity contribution in [2.24, 2.45) is 0 Å². The number of rotatable bonds is 5. The van der Waals surface area contributed by atoms with Crippen molar-refractivity contribution in [3.05, 3.63) is 57.2 Å². The van der Waals surface area contributed by atoms with Crippen LogP contribution in [0.3, 0.4) is 0 Å². The molecule has 0 bridgehead atoms. The van der Waals surface area contributed by atoms with Crippen LogP contribution in [0.5, 0.6) is 0 Å². The van der Waals surface area contributed by atoms with Crippen molar-refractivity contribution in [1.82, 2.24) is 25.3 Å². The molecular weight excluding hydrogens is 372 g/mol. The molecule has 0 aliphatic carbocycles. The lowest BCUT2D eigenvalue weighted by atomic mass is 10.1. The van der Waals surface area contributed by atoms with E-state index in [0.717, 1.165) is 46.9 Å². The Bertz CT molecular complexity index is 927. The normalized spacial score (nSPS) is 12.9. The van der Waals surface area contributed by atoms with Gasteiger partial charge in [-0.15, -0.1) is 23.7 Å². The molecule has 1 aliphatic heterocycles. The number of aromatic amines is 1. The zero-order chi connectivity index (χ0) is 17.1. The molecule has 3 N–H and O–H groups in total. The van der Waals surface area contributed by atoms with Crippen molar-refractivity contribution >= 4 is 29.7 Å². The molecule has 0 radical (unpaired) electrons. The predicted octanol–water partition coefficient (Wildman–Crippen LogP) is 2.01. The third-order valence-corrected chi connectivity index (χ3v) is 5.02. The maximum atomic E-state index is 12.1. The summed E-state index contributed by atoms with van der Waals surface area (Å²) in [5, 5.41) is 9.45. The van der Waals surface area contributed by atoms with Gasteiger partial charge in [-0.2, -0.15) is 0 Å². The molecular formula is C17H19ClN6OS. The Morgan fingerprint density at radius 2 is 2.23 bits per heavy atom. The van der Waals surface area contributed by atoms with Crippen LogP contribution in [0.1, 0.15) is 17.0 Å². The number of anilines is 1. The molecule has 0 unspecified atom stereocenters. The number of hydrogen-bond donors (Lipinski definition) is 3. The summed E-state index contributed by atoms with van der Waals surface area (Å²) >= 11 is 1.61. The van der Waals surface area contributed by atoms with E-state index < -0.39 is 0 Å².